The van der Waals surface area contributed by atoms with E-state index in [1.807, 2.05) is 0 Å². The first-order chi connectivity index (χ1) is 5.79. The lowest BCUT2D eigenvalue weighted by atomic mass is 9.97. The fourth-order valence-electron chi connectivity index (χ4n) is 2.03. The first kappa shape index (κ1) is 8.45. The third-order valence-corrected chi connectivity index (χ3v) is 2.84. The predicted molar refractivity (Wildman–Crippen MR) is 47.0 cm³/mol. The zero-order valence-electron chi connectivity index (χ0n) is 7.48. The number of hydrogen-bond donors (Lipinski definition) is 1. The van der Waals surface area contributed by atoms with Crippen LogP contribution in [0.4, 0.5) is 4.39 Å². The van der Waals surface area contributed by atoms with Crippen LogP contribution in [0.15, 0.2) is 0 Å². The average molecular weight is 172 g/mol. The van der Waals surface area contributed by atoms with Crippen LogP contribution in [0.25, 0.3) is 0 Å². The van der Waals surface area contributed by atoms with E-state index in [4.69, 9.17) is 0 Å². The molecule has 0 amide bonds. The van der Waals surface area contributed by atoms with Crippen molar-refractivity contribution in [2.45, 2.75) is 24.9 Å². The Morgan fingerprint density at radius 1 is 1.17 bits per heavy atom. The van der Waals surface area contributed by atoms with Crippen molar-refractivity contribution in [3.63, 3.8) is 0 Å². The number of likely N-dealkylation sites (tertiary alicyclic amines) is 1. The Hall–Kier alpha value is -0.150. The lowest BCUT2D eigenvalue weighted by Gasteiger charge is -2.40. The van der Waals surface area contributed by atoms with Gasteiger partial charge in [-0.3, -0.25) is 0 Å². The first-order valence-electron chi connectivity index (χ1n) is 4.91. The molecule has 0 aliphatic carbocycles. The van der Waals surface area contributed by atoms with Crippen molar-refractivity contribution in [3.8, 4) is 0 Å². The standard InChI is InChI=1S/C9H17FN2/c10-9(6-11-7-9)8-12-4-2-1-3-5-12/h11H,1-8H2. The van der Waals surface area contributed by atoms with Gasteiger partial charge in [0.25, 0.3) is 0 Å². The van der Waals surface area contributed by atoms with E-state index >= 15 is 0 Å². The highest BCUT2D eigenvalue weighted by Crippen LogP contribution is 2.20. The molecule has 70 valence electrons. The Balaban J connectivity index is 1.77. The number of rotatable bonds is 2. The van der Waals surface area contributed by atoms with E-state index in [1.165, 1.54) is 19.3 Å². The first-order valence-corrected chi connectivity index (χ1v) is 4.91. The molecular formula is C9H17FN2. The third-order valence-electron chi connectivity index (χ3n) is 2.84. The Kier molecular flexibility index (Phi) is 2.33. The van der Waals surface area contributed by atoms with Crippen LogP contribution in [-0.4, -0.2) is 43.3 Å². The number of nitrogens with zero attached hydrogens (tertiary/aromatic N) is 1. The summed E-state index contributed by atoms with van der Waals surface area (Å²) >= 11 is 0. The van der Waals surface area contributed by atoms with Crippen LogP contribution in [-0.2, 0) is 0 Å². The van der Waals surface area contributed by atoms with E-state index in [0.717, 1.165) is 13.1 Å². The SMILES string of the molecule is FC1(CN2CCCCC2)CNC1. The van der Waals surface area contributed by atoms with Gasteiger partial charge in [0.15, 0.2) is 0 Å². The van der Waals surface area contributed by atoms with Crippen molar-refractivity contribution in [2.24, 2.45) is 0 Å². The summed E-state index contributed by atoms with van der Waals surface area (Å²) in [6.45, 7) is 3.98. The molecule has 2 rings (SSSR count). The van der Waals surface area contributed by atoms with Gasteiger partial charge in [-0.25, -0.2) is 4.39 Å². The van der Waals surface area contributed by atoms with Crippen LogP contribution in [0, 0.1) is 0 Å². The highest BCUT2D eigenvalue weighted by Gasteiger charge is 2.38. The Bertz CT molecular complexity index is 151. The normalized spacial score (nSPS) is 29.8. The maximum absolute atomic E-state index is 13.6. The molecule has 0 aromatic carbocycles. The van der Waals surface area contributed by atoms with Crippen LogP contribution in [0.1, 0.15) is 19.3 Å². The van der Waals surface area contributed by atoms with Gasteiger partial charge in [0, 0.05) is 19.6 Å². The molecule has 1 N–H and O–H groups in total. The van der Waals surface area contributed by atoms with Crippen molar-refractivity contribution < 1.29 is 4.39 Å². The number of nitrogens with one attached hydrogen (secondary N) is 1. The predicted octanol–water partition coefficient (Wildman–Crippen LogP) is 0.784. The maximum atomic E-state index is 13.6. The van der Waals surface area contributed by atoms with Crippen LogP contribution in [0.5, 0.6) is 0 Å². The van der Waals surface area contributed by atoms with Crippen molar-refractivity contribution in [3.05, 3.63) is 0 Å². The topological polar surface area (TPSA) is 15.3 Å². The second kappa shape index (κ2) is 3.30. The minimum absolute atomic E-state index is 0.559. The molecule has 2 saturated heterocycles. The largest absolute Gasteiger partial charge is 0.310 e. The molecular weight excluding hydrogens is 155 g/mol. The Morgan fingerprint density at radius 2 is 1.83 bits per heavy atom. The fraction of sp³-hybridized carbons (Fsp3) is 1.00. The number of piperidine rings is 1. The lowest BCUT2D eigenvalue weighted by Crippen LogP contribution is -2.62. The molecule has 0 bridgehead atoms. The van der Waals surface area contributed by atoms with Crippen molar-refractivity contribution in [2.75, 3.05) is 32.7 Å². The molecule has 2 heterocycles. The summed E-state index contributed by atoms with van der Waals surface area (Å²) in [5, 5.41) is 2.99. The molecule has 0 saturated carbocycles. The van der Waals surface area contributed by atoms with Gasteiger partial charge < -0.3 is 10.2 Å². The van der Waals surface area contributed by atoms with Crippen molar-refractivity contribution >= 4 is 0 Å². The molecule has 0 radical (unpaired) electrons. The molecule has 2 fully saturated rings. The van der Waals surface area contributed by atoms with Gasteiger partial charge in [-0.1, -0.05) is 6.42 Å². The Morgan fingerprint density at radius 3 is 2.33 bits per heavy atom. The molecule has 2 nitrogen and oxygen atoms in total. The second-order valence-corrected chi connectivity index (χ2v) is 4.09. The van der Waals surface area contributed by atoms with Gasteiger partial charge in [0.05, 0.1) is 0 Å². The summed E-state index contributed by atoms with van der Waals surface area (Å²) in [5.41, 5.74) is -0.905. The minimum Gasteiger partial charge on any atom is -0.310 e. The summed E-state index contributed by atoms with van der Waals surface area (Å²) in [4.78, 5) is 2.27. The van der Waals surface area contributed by atoms with E-state index in [0.29, 0.717) is 19.6 Å². The lowest BCUT2D eigenvalue weighted by molar-refractivity contribution is 0.0359. The summed E-state index contributed by atoms with van der Waals surface area (Å²) in [5.74, 6) is 0. The monoisotopic (exact) mass is 172 g/mol. The van der Waals surface area contributed by atoms with E-state index in [1.54, 1.807) is 0 Å². The van der Waals surface area contributed by atoms with Crippen molar-refractivity contribution in [1.29, 1.82) is 0 Å². The molecule has 0 unspecified atom stereocenters. The molecule has 0 aromatic heterocycles. The molecule has 0 spiro atoms. The van der Waals surface area contributed by atoms with Crippen LogP contribution in [0.2, 0.25) is 0 Å². The molecule has 0 aromatic rings. The van der Waals surface area contributed by atoms with Crippen LogP contribution in [0.3, 0.4) is 0 Å². The van der Waals surface area contributed by atoms with E-state index in [-0.39, 0.29) is 0 Å². The fourth-order valence-corrected chi connectivity index (χ4v) is 2.03. The molecule has 2 aliphatic heterocycles. The van der Waals surface area contributed by atoms with Gasteiger partial charge in [-0.05, 0) is 25.9 Å². The molecule has 3 heteroatoms. The molecule has 2 aliphatic rings. The van der Waals surface area contributed by atoms with Crippen LogP contribution < -0.4 is 5.32 Å². The van der Waals surface area contributed by atoms with Crippen molar-refractivity contribution in [1.82, 2.24) is 10.2 Å². The highest BCUT2D eigenvalue weighted by atomic mass is 19.1. The van der Waals surface area contributed by atoms with Gasteiger partial charge in [-0.15, -0.1) is 0 Å². The second-order valence-electron chi connectivity index (χ2n) is 4.09. The third kappa shape index (κ3) is 1.77. The number of halogens is 1. The van der Waals surface area contributed by atoms with Gasteiger partial charge in [0.2, 0.25) is 0 Å². The molecule has 0 atom stereocenters. The number of alkyl halides is 1. The van der Waals surface area contributed by atoms with Gasteiger partial charge in [0.1, 0.15) is 5.67 Å². The number of hydrogen-bond acceptors (Lipinski definition) is 2. The summed E-state index contributed by atoms with van der Waals surface area (Å²) in [6.07, 6.45) is 3.83. The zero-order valence-corrected chi connectivity index (χ0v) is 7.48. The van der Waals surface area contributed by atoms with Gasteiger partial charge in [-0.2, -0.15) is 0 Å². The van der Waals surface area contributed by atoms with E-state index in [2.05, 4.69) is 10.2 Å². The summed E-state index contributed by atoms with van der Waals surface area (Å²) < 4.78 is 13.6. The smallest absolute Gasteiger partial charge is 0.148 e. The Labute approximate surface area is 73.1 Å². The average Bonchev–Trinajstić information content (AvgIpc) is 2.04. The minimum atomic E-state index is -0.905. The summed E-state index contributed by atoms with van der Waals surface area (Å²) in [7, 11) is 0. The highest BCUT2D eigenvalue weighted by molar-refractivity contribution is 4.95. The summed E-state index contributed by atoms with van der Waals surface area (Å²) in [6, 6.07) is 0. The zero-order chi connectivity index (χ0) is 8.44. The molecule has 12 heavy (non-hydrogen) atoms. The van der Waals surface area contributed by atoms with Gasteiger partial charge >= 0.3 is 0 Å². The van der Waals surface area contributed by atoms with Crippen LogP contribution >= 0.6 is 0 Å². The van der Waals surface area contributed by atoms with E-state index in [9.17, 15) is 4.39 Å². The quantitative estimate of drug-likeness (QED) is 0.662. The maximum Gasteiger partial charge on any atom is 0.148 e. The van der Waals surface area contributed by atoms with E-state index < -0.39 is 5.67 Å².